The Bertz CT molecular complexity index is 742. The van der Waals surface area contributed by atoms with Crippen LogP contribution in [0.4, 0.5) is 0 Å². The fraction of sp³-hybridized carbons (Fsp3) is 0.500. The number of hydrogen-bond acceptors (Lipinski definition) is 4. The third-order valence-electron chi connectivity index (χ3n) is 4.30. The summed E-state index contributed by atoms with van der Waals surface area (Å²) in [6.07, 6.45) is 5.70. The van der Waals surface area contributed by atoms with Gasteiger partial charge in [-0.05, 0) is 43.0 Å². The van der Waals surface area contributed by atoms with Crippen LogP contribution in [0.15, 0.2) is 35.6 Å². The number of hydrogen-bond donors (Lipinski definition) is 1. The molecule has 1 aromatic carbocycles. The molecule has 0 fully saturated rings. The van der Waals surface area contributed by atoms with E-state index >= 15 is 0 Å². The summed E-state index contributed by atoms with van der Waals surface area (Å²) < 4.78 is 12.5. The van der Waals surface area contributed by atoms with E-state index in [0.29, 0.717) is 0 Å². The van der Waals surface area contributed by atoms with E-state index in [4.69, 9.17) is 14.5 Å². The smallest absolute Gasteiger partial charge is 0.193 e. The third-order valence-corrected chi connectivity index (χ3v) is 4.30. The molecule has 1 heterocycles. The Morgan fingerprint density at radius 2 is 1.96 bits per heavy atom. The predicted octanol–water partition coefficient (Wildman–Crippen LogP) is 2.12. The number of aliphatic imine (C=N–C) groups is 1. The number of aromatic nitrogens is 2. The van der Waals surface area contributed by atoms with Gasteiger partial charge in [0, 0.05) is 39.9 Å². The van der Waals surface area contributed by atoms with Crippen molar-refractivity contribution in [2.75, 3.05) is 40.9 Å². The van der Waals surface area contributed by atoms with Crippen molar-refractivity contribution >= 4 is 5.96 Å². The number of ether oxygens (including phenoxy) is 2. The molecule has 1 aromatic heterocycles. The molecule has 0 atom stereocenters. The minimum absolute atomic E-state index is 0.731. The van der Waals surface area contributed by atoms with Crippen molar-refractivity contribution in [3.05, 3.63) is 41.7 Å². The Balaban J connectivity index is 1.93. The SMILES string of the molecule is CCNC(=NCCc1cnn(C)c1)N(C)CCc1ccc(OC)c(OC)c1. The summed E-state index contributed by atoms with van der Waals surface area (Å²) in [6.45, 7) is 4.51. The molecule has 0 saturated carbocycles. The van der Waals surface area contributed by atoms with Gasteiger partial charge in [0.25, 0.3) is 0 Å². The molecule has 7 heteroatoms. The first-order valence-electron chi connectivity index (χ1n) is 9.25. The monoisotopic (exact) mass is 373 g/mol. The summed E-state index contributed by atoms with van der Waals surface area (Å²) in [5.41, 5.74) is 2.40. The van der Waals surface area contributed by atoms with Gasteiger partial charge in [-0.3, -0.25) is 9.67 Å². The quantitative estimate of drug-likeness (QED) is 0.539. The molecule has 0 aliphatic carbocycles. The molecule has 0 aliphatic heterocycles. The summed E-state index contributed by atoms with van der Waals surface area (Å²) >= 11 is 0. The maximum Gasteiger partial charge on any atom is 0.193 e. The van der Waals surface area contributed by atoms with E-state index in [9.17, 15) is 0 Å². The Labute approximate surface area is 162 Å². The van der Waals surface area contributed by atoms with Crippen LogP contribution in [0.1, 0.15) is 18.1 Å². The van der Waals surface area contributed by atoms with Crippen LogP contribution >= 0.6 is 0 Å². The lowest BCUT2D eigenvalue weighted by atomic mass is 10.1. The maximum absolute atomic E-state index is 5.39. The van der Waals surface area contributed by atoms with Gasteiger partial charge < -0.3 is 19.7 Å². The molecule has 0 spiro atoms. The molecule has 0 amide bonds. The number of methoxy groups -OCH3 is 2. The third kappa shape index (κ3) is 6.20. The molecule has 0 aliphatic rings. The van der Waals surface area contributed by atoms with Gasteiger partial charge in [0.15, 0.2) is 17.5 Å². The van der Waals surface area contributed by atoms with Crippen molar-refractivity contribution in [3.63, 3.8) is 0 Å². The summed E-state index contributed by atoms with van der Waals surface area (Å²) in [5.74, 6) is 2.43. The first-order valence-corrected chi connectivity index (χ1v) is 9.25. The van der Waals surface area contributed by atoms with E-state index in [0.717, 1.165) is 49.9 Å². The van der Waals surface area contributed by atoms with Crippen molar-refractivity contribution < 1.29 is 9.47 Å². The van der Waals surface area contributed by atoms with Crippen LogP contribution in [0.5, 0.6) is 11.5 Å². The zero-order chi connectivity index (χ0) is 19.6. The maximum atomic E-state index is 5.39. The summed E-state index contributed by atoms with van der Waals surface area (Å²) in [4.78, 5) is 6.90. The van der Waals surface area contributed by atoms with Crippen molar-refractivity contribution in [1.82, 2.24) is 20.0 Å². The number of aryl methyl sites for hydroxylation is 1. The lowest BCUT2D eigenvalue weighted by molar-refractivity contribution is 0.354. The highest BCUT2D eigenvalue weighted by atomic mass is 16.5. The molecule has 7 nitrogen and oxygen atoms in total. The van der Waals surface area contributed by atoms with E-state index in [2.05, 4.69) is 35.4 Å². The van der Waals surface area contributed by atoms with E-state index < -0.39 is 0 Å². The first kappa shape index (κ1) is 20.6. The molecule has 2 rings (SSSR count). The molecule has 0 unspecified atom stereocenters. The molecule has 2 aromatic rings. The van der Waals surface area contributed by atoms with E-state index in [1.807, 2.05) is 36.3 Å². The lowest BCUT2D eigenvalue weighted by Gasteiger charge is -2.22. The number of nitrogens with zero attached hydrogens (tertiary/aromatic N) is 4. The Kier molecular flexibility index (Phi) is 7.98. The fourth-order valence-electron chi connectivity index (χ4n) is 2.80. The zero-order valence-corrected chi connectivity index (χ0v) is 17.0. The Hall–Kier alpha value is -2.70. The topological polar surface area (TPSA) is 63.9 Å². The highest BCUT2D eigenvalue weighted by molar-refractivity contribution is 5.79. The normalized spacial score (nSPS) is 11.4. The largest absolute Gasteiger partial charge is 0.493 e. The molecule has 148 valence electrons. The van der Waals surface area contributed by atoms with Crippen molar-refractivity contribution in [2.24, 2.45) is 12.0 Å². The standard InChI is InChI=1S/C20H31N5O2/c1-6-21-20(22-11-9-17-14-23-25(3)15-17)24(2)12-10-16-7-8-18(26-4)19(13-16)27-5/h7-8,13-15H,6,9-12H2,1-5H3,(H,21,22). The number of likely N-dealkylation sites (N-methyl/N-ethyl adjacent to an activating group) is 1. The van der Waals surface area contributed by atoms with Gasteiger partial charge in [-0.15, -0.1) is 0 Å². The van der Waals surface area contributed by atoms with Crippen molar-refractivity contribution in [2.45, 2.75) is 19.8 Å². The average molecular weight is 374 g/mol. The molecular weight excluding hydrogens is 342 g/mol. The highest BCUT2D eigenvalue weighted by Gasteiger charge is 2.08. The van der Waals surface area contributed by atoms with Gasteiger partial charge in [-0.1, -0.05) is 6.07 Å². The number of benzene rings is 1. The Morgan fingerprint density at radius 3 is 2.59 bits per heavy atom. The Morgan fingerprint density at radius 1 is 1.19 bits per heavy atom. The van der Waals surface area contributed by atoms with Crippen LogP contribution in [0.2, 0.25) is 0 Å². The molecule has 1 N–H and O–H groups in total. The average Bonchev–Trinajstić information content (AvgIpc) is 3.10. The number of nitrogens with one attached hydrogen (secondary N) is 1. The zero-order valence-electron chi connectivity index (χ0n) is 17.0. The molecule has 0 saturated heterocycles. The number of rotatable bonds is 9. The van der Waals surface area contributed by atoms with Crippen LogP contribution < -0.4 is 14.8 Å². The predicted molar refractivity (Wildman–Crippen MR) is 109 cm³/mol. The van der Waals surface area contributed by atoms with Crippen molar-refractivity contribution in [1.29, 1.82) is 0 Å². The van der Waals surface area contributed by atoms with Gasteiger partial charge in [0.1, 0.15) is 0 Å². The molecule has 27 heavy (non-hydrogen) atoms. The lowest BCUT2D eigenvalue weighted by Crippen LogP contribution is -2.40. The van der Waals surface area contributed by atoms with Crippen LogP contribution in [0.3, 0.4) is 0 Å². The van der Waals surface area contributed by atoms with E-state index in [1.165, 1.54) is 11.1 Å². The van der Waals surface area contributed by atoms with Gasteiger partial charge in [0.2, 0.25) is 0 Å². The second kappa shape index (κ2) is 10.4. The minimum Gasteiger partial charge on any atom is -0.493 e. The summed E-state index contributed by atoms with van der Waals surface area (Å²) in [7, 11) is 7.30. The molecule has 0 bridgehead atoms. The van der Waals surface area contributed by atoms with Crippen molar-refractivity contribution in [3.8, 4) is 11.5 Å². The second-order valence-electron chi connectivity index (χ2n) is 6.37. The van der Waals surface area contributed by atoms with Crippen LogP contribution in [-0.4, -0.2) is 61.5 Å². The van der Waals surface area contributed by atoms with Crippen LogP contribution in [-0.2, 0) is 19.9 Å². The molecule has 0 radical (unpaired) electrons. The highest BCUT2D eigenvalue weighted by Crippen LogP contribution is 2.27. The number of guanidine groups is 1. The van der Waals surface area contributed by atoms with Crippen LogP contribution in [0, 0.1) is 0 Å². The summed E-state index contributed by atoms with van der Waals surface area (Å²) in [6, 6.07) is 6.04. The second-order valence-corrected chi connectivity index (χ2v) is 6.37. The first-order chi connectivity index (χ1) is 13.1. The van der Waals surface area contributed by atoms with Gasteiger partial charge in [-0.2, -0.15) is 5.10 Å². The van der Waals surface area contributed by atoms with Gasteiger partial charge in [-0.25, -0.2) is 0 Å². The van der Waals surface area contributed by atoms with Crippen LogP contribution in [0.25, 0.3) is 0 Å². The summed E-state index contributed by atoms with van der Waals surface area (Å²) in [5, 5.41) is 7.56. The van der Waals surface area contributed by atoms with E-state index in [-0.39, 0.29) is 0 Å². The molecular formula is C20H31N5O2. The minimum atomic E-state index is 0.731. The van der Waals surface area contributed by atoms with Gasteiger partial charge in [0.05, 0.1) is 20.4 Å². The van der Waals surface area contributed by atoms with Gasteiger partial charge >= 0.3 is 0 Å². The van der Waals surface area contributed by atoms with E-state index in [1.54, 1.807) is 14.2 Å². The fourth-order valence-corrected chi connectivity index (χ4v) is 2.80.